The molecule has 12 rings (SSSR count). The summed E-state index contributed by atoms with van der Waals surface area (Å²) < 4.78 is 329. The summed E-state index contributed by atoms with van der Waals surface area (Å²) in [5, 5.41) is 0. The summed E-state index contributed by atoms with van der Waals surface area (Å²) in [6.07, 6.45) is -15.2. The van der Waals surface area contributed by atoms with Crippen LogP contribution in [0.4, 0.5) is 0 Å². The van der Waals surface area contributed by atoms with E-state index in [-0.39, 0.29) is 109 Å². The van der Waals surface area contributed by atoms with Gasteiger partial charge in [0.1, 0.15) is 23.1 Å². The van der Waals surface area contributed by atoms with Crippen molar-refractivity contribution >= 4 is 23.1 Å². The van der Waals surface area contributed by atoms with Gasteiger partial charge in [-0.15, -0.1) is 0 Å². The van der Waals surface area contributed by atoms with Crippen LogP contribution in [0.25, 0.3) is 0 Å². The van der Waals surface area contributed by atoms with E-state index in [9.17, 15) is 19.2 Å². The van der Waals surface area contributed by atoms with Crippen LogP contribution in [-0.2, 0) is 44.9 Å². The fraction of sp³-hybridized carbons (Fsp3) is 0.641. The average molecular weight is 1330 g/mol. The van der Waals surface area contributed by atoms with Gasteiger partial charge in [0.2, 0.25) is 0 Å². The van der Waals surface area contributed by atoms with Gasteiger partial charge in [-0.1, -0.05) is 68.0 Å². The largest absolute Gasteiger partial charge is 0.493 e. The fourth-order valence-electron chi connectivity index (χ4n) is 13.6. The predicted molar refractivity (Wildman–Crippen MR) is 370 cm³/mol. The molecule has 0 N–H and O–H groups in total. The van der Waals surface area contributed by atoms with Crippen LogP contribution in [0, 0.1) is 47.2 Å². The first-order valence-electron chi connectivity index (χ1n) is 49.6. The van der Waals surface area contributed by atoms with Gasteiger partial charge in [-0.05, 0) is 168 Å². The van der Waals surface area contributed by atoms with Gasteiger partial charge in [0.25, 0.3) is 0 Å². The molecule has 16 heteroatoms. The molecule has 10 unspecified atom stereocenters. The highest BCUT2D eigenvalue weighted by Crippen LogP contribution is 2.48. The number of hydrogen-bond acceptors (Lipinski definition) is 16. The lowest BCUT2D eigenvalue weighted by molar-refractivity contribution is -0.130. The van der Waals surface area contributed by atoms with Crippen molar-refractivity contribution in [2.45, 2.75) is 169 Å². The molecule has 0 spiro atoms. The molecule has 4 fully saturated rings. The lowest BCUT2D eigenvalue weighted by atomic mass is 9.79. The van der Waals surface area contributed by atoms with Crippen molar-refractivity contribution in [3.8, 4) is 46.0 Å². The van der Waals surface area contributed by atoms with E-state index in [0.717, 1.165) is 29.2 Å². The van der Waals surface area contributed by atoms with Gasteiger partial charge in [-0.3, -0.25) is 38.8 Å². The number of fused-ring (bicyclic) bond motifs is 12. The third kappa shape index (κ3) is 16.4. The second-order valence-electron chi connectivity index (χ2n) is 25.0. The standard InChI is InChI=1S/2C20H29NO3.2C19H27NO3/c2*1-5-13(2)8-15-12-21-7-6-14-9-19(23-3)20(24-4)10-16(14)17(21)11-18(15)22;2*1-12(2)7-14-11-20-6-5-13-8-18(22-3)19(23-4)9-15(13)16(20)10-17(14)21/h2*9-10,13,15,17H,5-8,11-12H2,1-4H3;2*8-9,12,14,16H,5-7,10-11H2,1-4H3/i2D3,4D3,5D2,8D2,11D2,13D,15D;2D3,4D3,5D2,8D2,13D;4D3,10D2,14D;4D3,11D2. The maximum Gasteiger partial charge on any atom is 0.161 e. The molecule has 0 saturated carbocycles. The van der Waals surface area contributed by atoms with Gasteiger partial charge in [0.15, 0.2) is 46.0 Å². The number of carbonyl (C=O) groups is 4. The summed E-state index contributed by atoms with van der Waals surface area (Å²) >= 11 is 0. The third-order valence-corrected chi connectivity index (χ3v) is 18.3. The number of benzene rings is 4. The number of methoxy groups -OCH3 is 8. The fourth-order valence-corrected chi connectivity index (χ4v) is 13.6. The smallest absolute Gasteiger partial charge is 0.161 e. The van der Waals surface area contributed by atoms with Crippen LogP contribution >= 0.6 is 0 Å². The van der Waals surface area contributed by atoms with Crippen LogP contribution in [0.1, 0.15) is 237 Å². The number of piperidine rings is 4. The highest BCUT2D eigenvalue weighted by Gasteiger charge is 2.43. The molecule has 516 valence electrons. The number of hydrogen-bond donors (Lipinski definition) is 0. The first-order chi connectivity index (χ1) is 58.8. The summed E-state index contributed by atoms with van der Waals surface area (Å²) in [5.41, 5.74) is 5.07. The van der Waals surface area contributed by atoms with E-state index in [2.05, 4.69) is 0 Å². The average Bonchev–Trinajstić information content (AvgIpc) is 0.680. The van der Waals surface area contributed by atoms with Crippen molar-refractivity contribution in [3.63, 3.8) is 0 Å². The Morgan fingerprint density at radius 3 is 1.20 bits per heavy atom. The Kier molecular flexibility index (Phi) is 13.2. The molecule has 8 aliphatic rings. The molecule has 8 aliphatic heterocycles. The minimum atomic E-state index is -3.69. The maximum absolute atomic E-state index is 13.7. The second-order valence-corrected chi connectivity index (χ2v) is 25.0. The minimum absolute atomic E-state index is 0.00157. The Morgan fingerprint density at radius 1 is 0.457 bits per heavy atom. The molecule has 16 nitrogen and oxygen atoms in total. The Labute approximate surface area is 612 Å². The zero-order valence-electron chi connectivity index (χ0n) is 91.0. The van der Waals surface area contributed by atoms with E-state index in [1.165, 1.54) is 57.6 Å². The normalized spacial score (nSPS) is 35.5. The summed E-state index contributed by atoms with van der Waals surface area (Å²) in [6, 6.07) is 9.01. The lowest BCUT2D eigenvalue weighted by Crippen LogP contribution is -2.46. The second kappa shape index (κ2) is 32.7. The van der Waals surface area contributed by atoms with Crippen molar-refractivity contribution in [2.75, 3.05) is 109 Å². The molecule has 0 amide bonds. The highest BCUT2D eigenvalue weighted by molar-refractivity contribution is 5.85. The van der Waals surface area contributed by atoms with Crippen LogP contribution < -0.4 is 37.9 Å². The Hall–Kier alpha value is -6.20. The highest BCUT2D eigenvalue weighted by atomic mass is 16.5. The SMILES string of the molecule is [2H]C([2H])([2H])Oc1cc2c(cc1OC)CCN1C2CC(=O)C(CC(C)C)C1([2H])[2H].[2H]C([2H])([2H])Oc1cc2c(cc1OC)CCN1CC(C([2H])([2H])C([2H])(C([2H])([2H])[2H])C([2H])([2H])C)C(=O)CC21.[2H]C([2H])([2H])Oc1cc2c(cc1OC)CCN1CC([2H])(C([2H])([2H])C([2H])(C([2H])([2H])[2H])C([2H])([2H])C)C(=O)C([2H])([2H])C21.[2H]C([2H])([2H])Oc1cc2c(cc1OC)CCN1CC([2H])(CC(C)C)C(=O)C([2H])([2H])C21. The quantitative estimate of drug-likeness (QED) is 0.0926. The van der Waals surface area contributed by atoms with Crippen molar-refractivity contribution in [1.82, 2.24) is 19.6 Å². The molecular formula is C78H112N4O12. The summed E-state index contributed by atoms with van der Waals surface area (Å²) in [7, 11) is -5.41. The molecular weight excluding hydrogens is 1180 g/mol. The Bertz CT molecular complexity index is 4820. The van der Waals surface area contributed by atoms with Gasteiger partial charge in [0.05, 0.1) is 73.0 Å². The van der Waals surface area contributed by atoms with E-state index in [0.29, 0.717) is 74.7 Å². The van der Waals surface area contributed by atoms with Crippen molar-refractivity contribution in [3.05, 3.63) is 93.0 Å². The molecule has 10 atom stereocenters. The minimum Gasteiger partial charge on any atom is -0.493 e. The molecule has 0 aliphatic carbocycles. The van der Waals surface area contributed by atoms with Crippen LogP contribution in [-0.4, -0.2) is 152 Å². The molecule has 0 radical (unpaired) electrons. The number of Topliss-reactive ketones (excluding diaryl/α,β-unsaturated/α-hetero) is 4. The summed E-state index contributed by atoms with van der Waals surface area (Å²) in [5.74, 6) is -15.8. The predicted octanol–water partition coefficient (Wildman–Crippen LogP) is 13.7. The number of carbonyl (C=O) groups excluding carboxylic acids is 4. The summed E-state index contributed by atoms with van der Waals surface area (Å²) in [6.45, 7) is 1.15. The molecule has 4 aromatic carbocycles. The first-order valence-corrected chi connectivity index (χ1v) is 31.6. The molecule has 4 aromatic rings. The van der Waals surface area contributed by atoms with Crippen LogP contribution in [0.15, 0.2) is 48.5 Å². The van der Waals surface area contributed by atoms with Crippen LogP contribution in [0.2, 0.25) is 0 Å². The van der Waals surface area contributed by atoms with Gasteiger partial charge in [0, 0.05) is 159 Å². The van der Waals surface area contributed by atoms with Crippen LogP contribution in [0.3, 0.4) is 0 Å². The summed E-state index contributed by atoms with van der Waals surface area (Å²) in [4.78, 5) is 59.5. The Morgan fingerprint density at radius 2 is 0.809 bits per heavy atom. The van der Waals surface area contributed by atoms with E-state index in [1.54, 1.807) is 34.1 Å². The first kappa shape index (κ1) is 38.1. The molecule has 94 heavy (non-hydrogen) atoms. The monoisotopic (exact) mass is 1330 g/mol. The van der Waals surface area contributed by atoms with E-state index in [4.69, 9.17) is 87.2 Å². The molecule has 4 saturated heterocycles. The lowest BCUT2D eigenvalue weighted by Gasteiger charge is -2.43. The van der Waals surface area contributed by atoms with Crippen molar-refractivity contribution < 1.29 is 106 Å². The third-order valence-electron chi connectivity index (χ3n) is 18.3. The number of ketones is 4. The van der Waals surface area contributed by atoms with Crippen molar-refractivity contribution in [1.29, 1.82) is 0 Å². The van der Waals surface area contributed by atoms with Gasteiger partial charge in [-0.2, -0.15) is 0 Å². The molecule has 0 aromatic heterocycles. The number of rotatable bonds is 18. The maximum atomic E-state index is 13.7. The van der Waals surface area contributed by atoms with E-state index >= 15 is 0 Å². The van der Waals surface area contributed by atoms with Crippen molar-refractivity contribution in [2.24, 2.45) is 47.2 Å². The van der Waals surface area contributed by atoms with E-state index in [1.807, 2.05) is 32.6 Å². The molecule has 8 heterocycles. The number of ether oxygens (including phenoxy) is 8. The zero-order chi connectivity index (χ0) is 98.9. The zero-order valence-corrected chi connectivity index (χ0v) is 55.0. The van der Waals surface area contributed by atoms with Gasteiger partial charge < -0.3 is 37.9 Å². The topological polar surface area (TPSA) is 155 Å². The number of nitrogens with zero attached hydrogens (tertiary/aromatic N) is 4. The van der Waals surface area contributed by atoms with Gasteiger partial charge in [-0.25, -0.2) is 0 Å². The van der Waals surface area contributed by atoms with Gasteiger partial charge >= 0.3 is 0 Å². The molecule has 0 bridgehead atoms. The Balaban J connectivity index is 0.000000197. The van der Waals surface area contributed by atoms with E-state index < -0.39 is 170 Å². The van der Waals surface area contributed by atoms with Crippen LogP contribution in [0.5, 0.6) is 46.0 Å².